The molecule has 0 aliphatic carbocycles. The van der Waals surface area contributed by atoms with Gasteiger partial charge in [-0.1, -0.05) is 259 Å². The highest BCUT2D eigenvalue weighted by molar-refractivity contribution is 7.24. The Kier molecular flexibility index (Phi) is 251. The first-order valence-corrected chi connectivity index (χ1v) is 25.3. The molecule has 0 amide bonds. The summed E-state index contributed by atoms with van der Waals surface area (Å²) in [5.74, 6) is 2.70. The van der Waals surface area contributed by atoms with Crippen molar-refractivity contribution in [3.63, 3.8) is 0 Å². The number of aromatic hydroxyl groups is 2. The molecule has 92 heavy (non-hydrogen) atoms. The molecule has 0 bridgehead atoms. The Morgan fingerprint density at radius 3 is 0.772 bits per heavy atom. The second-order valence-electron chi connectivity index (χ2n) is 11.2. The van der Waals surface area contributed by atoms with Crippen LogP contribution in [0.1, 0.15) is 230 Å². The van der Waals surface area contributed by atoms with Gasteiger partial charge in [0.2, 0.25) is 0 Å². The van der Waals surface area contributed by atoms with Gasteiger partial charge in [0.15, 0.2) is 29.1 Å². The second kappa shape index (κ2) is 185. The SMILES string of the molecule is C.C.C.CC.CC.CC(N)OP.CC(N)P=O.CC(OP)Oc1ccccc1.CC(Oc1ccccc1)P=O.CCN.CCOP.CCOc1ccccc1.CO.CO.F.F.N.N.Oc1ccccc1.Oc1ccccc1.[3H]C.[3H]C.[3H]C.[3H]C.[3H]C.[3H]C.[3H]C.[3H]C.[3H]C.[3H]C.[3H]C.[3H]C.[3H]C.[3H]C.[3H]C. The zero-order chi connectivity index (χ0) is 85.7. The van der Waals surface area contributed by atoms with Gasteiger partial charge in [0.05, 0.1) is 12.4 Å². The first-order valence-electron chi connectivity index (χ1n) is 37.1. The van der Waals surface area contributed by atoms with Crippen LogP contribution in [-0.4, -0.2) is 78.6 Å². The molecule has 7 unspecified atom stereocenters. The highest BCUT2D eigenvalue weighted by Crippen LogP contribution is 2.15. The molecule has 0 aromatic heterocycles. The molecule has 0 saturated carbocycles. The van der Waals surface area contributed by atoms with Crippen molar-refractivity contribution in [2.24, 2.45) is 17.2 Å². The van der Waals surface area contributed by atoms with Gasteiger partial charge in [-0.15, -0.1) is 0 Å². The number of halogens is 2. The van der Waals surface area contributed by atoms with Crippen molar-refractivity contribution < 1.29 is 87.3 Å². The average Bonchev–Trinajstić information content (AvgIpc) is 0.976. The summed E-state index contributed by atoms with van der Waals surface area (Å²) in [6.07, 6.45) is -0.373. The molecule has 0 spiro atoms. The minimum absolute atomic E-state index is 0. The van der Waals surface area contributed by atoms with Crippen LogP contribution in [0.25, 0.3) is 0 Å². The molecule has 0 saturated heterocycles. The lowest BCUT2D eigenvalue weighted by atomic mass is 10.3. The van der Waals surface area contributed by atoms with Crippen molar-refractivity contribution in [1.82, 2.24) is 12.3 Å². The Morgan fingerprint density at radius 1 is 0.435 bits per heavy atom. The fourth-order valence-corrected chi connectivity index (χ4v) is 3.20. The number of para-hydroxylation sites is 5. The number of hydrogen-bond donors (Lipinski definition) is 9. The molecule has 17 nitrogen and oxygen atoms in total. The van der Waals surface area contributed by atoms with Crippen molar-refractivity contribution in [1.29, 1.82) is 0 Å². The summed E-state index contributed by atoms with van der Waals surface area (Å²) >= 11 is 0. The monoisotopic (exact) mass is 1470 g/mol. The molecule has 0 radical (unpaired) electrons. The summed E-state index contributed by atoms with van der Waals surface area (Å²) in [4.78, 5) is 0. The number of aliphatic hydroxyl groups is 2. The fraction of sp³-hybridized carbons (Fsp3) is 0.559. The van der Waals surface area contributed by atoms with Crippen LogP contribution in [0.3, 0.4) is 0 Å². The van der Waals surface area contributed by atoms with E-state index in [2.05, 4.69) is 37.4 Å². The number of phenolic OH excluding ortho intramolecular Hbond substituents is 2. The Balaban J connectivity index is -0.0000000211. The van der Waals surface area contributed by atoms with E-state index < -0.39 is 0 Å². The van der Waals surface area contributed by atoms with E-state index in [4.69, 9.17) is 76.9 Å². The van der Waals surface area contributed by atoms with Gasteiger partial charge >= 0.3 is 0 Å². The molecular weight excluding hydrogens is 1270 g/mol. The van der Waals surface area contributed by atoms with E-state index in [-0.39, 0.29) is 85.1 Å². The van der Waals surface area contributed by atoms with Crippen LogP contribution in [-0.2, 0) is 22.7 Å². The molecule has 24 heteroatoms. The average molecular weight is 1470 g/mol. The predicted octanol–water partition coefficient (Wildman–Crippen LogP) is 24.6. The number of aliphatic hydroxyl groups excluding tert-OH is 2. The summed E-state index contributed by atoms with van der Waals surface area (Å²) in [6.45, 7) is 23.1. The fourth-order valence-electron chi connectivity index (χ4n) is 2.98. The van der Waals surface area contributed by atoms with Crippen LogP contribution in [0.4, 0.5) is 9.41 Å². The maximum atomic E-state index is 10.3. The Labute approximate surface area is 608 Å². The van der Waals surface area contributed by atoms with E-state index in [9.17, 15) is 9.13 Å². The normalized spacial score (nSPS) is 8.80. The van der Waals surface area contributed by atoms with Crippen LogP contribution in [0, 0.1) is 0 Å². The molecule has 16 N–H and O–H groups in total. The number of hydrogen-bond acceptors (Lipinski definition) is 17. The van der Waals surface area contributed by atoms with Gasteiger partial charge in [-0.3, -0.25) is 18.5 Å². The van der Waals surface area contributed by atoms with Crippen molar-refractivity contribution >= 4 is 45.3 Å². The maximum absolute atomic E-state index is 10.3. The summed E-state index contributed by atoms with van der Waals surface area (Å²) in [6, 6.07) is 46.1. The van der Waals surface area contributed by atoms with Crippen molar-refractivity contribution in [2.45, 2.75) is 234 Å². The van der Waals surface area contributed by atoms with Crippen LogP contribution in [0.2, 0.25) is 0 Å². The predicted molar refractivity (Wildman–Crippen MR) is 442 cm³/mol. The molecule has 0 aliphatic heterocycles. The Bertz CT molecular complexity index is 1660. The minimum Gasteiger partial charge on any atom is -0.508 e. The smallest absolute Gasteiger partial charge is 0.200 e. The molecule has 0 fully saturated rings. The zero-order valence-electron chi connectivity index (χ0n) is 76.0. The molecule has 5 rings (SSSR count). The number of phenols is 2. The van der Waals surface area contributed by atoms with E-state index in [1.165, 1.54) is 111 Å². The molecule has 0 heterocycles. The number of nitrogens with two attached hydrogens (primary N) is 3. The number of ether oxygens (including phenoxy) is 3. The molecule has 5 aromatic carbocycles. The first kappa shape index (κ1) is 125. The van der Waals surface area contributed by atoms with Gasteiger partial charge in [0, 0.05) is 69.8 Å². The molecule has 7 atom stereocenters. The van der Waals surface area contributed by atoms with Crippen LogP contribution >= 0.6 is 45.3 Å². The summed E-state index contributed by atoms with van der Waals surface area (Å²) in [5, 5.41) is 31.3. The first-order chi connectivity index (χ1) is 48.7. The summed E-state index contributed by atoms with van der Waals surface area (Å²) in [5.41, 5.74) is 14.9. The largest absolute Gasteiger partial charge is 0.508 e. The van der Waals surface area contributed by atoms with E-state index >= 15 is 0 Å². The van der Waals surface area contributed by atoms with Gasteiger partial charge in [0.1, 0.15) is 35.0 Å². The van der Waals surface area contributed by atoms with E-state index in [0.29, 0.717) is 11.5 Å². The van der Waals surface area contributed by atoms with Gasteiger partial charge < -0.3 is 77.7 Å². The standard InChI is InChI=1S/C8H9O2P.C8H11O2P.C8H10O.2C6H6O.C2H6NOP.C2H8NOP.C2H7N.C2H7OP.2C2H6.2CH4O.18CH4.2FH.2H3N/c1-7(11-9)10-8-5-3-2-4-6-8;1-7(10-11)9-8-5-3-2-4-6-8;1-2-9-8-6-4-3-5-7-8;2*7-6-4-2-1-3-5-6;1-2(3)5-4;1-2(3)4-5;1-2-3;1-2-3-4;4*1-2;;;;;;;;;;;;;;;;;;;;;;/h2-7H,1H3;2-7H,11H2,1H3;3-7H,2H2,1H3;2*1-5,7H;2H,3H2,1H3;2H,3,5H2,1H3;2-3H2,1H3;2,4H2,1H3;2*1-2H3;2*2H,1H3;18*1H4;2*1H;2*1H3/i;;;;;;;;;;;;;15*1T;;;;;;;. The van der Waals surface area contributed by atoms with Gasteiger partial charge in [-0.05, 0) is 109 Å². The summed E-state index contributed by atoms with van der Waals surface area (Å²) < 4.78 is 136. The highest BCUT2D eigenvalue weighted by atomic mass is 31.1. The van der Waals surface area contributed by atoms with Gasteiger partial charge in [-0.2, -0.15) is 0 Å². The van der Waals surface area contributed by atoms with E-state index in [1.807, 2.05) is 159 Å². The third-order valence-electron chi connectivity index (χ3n) is 5.55. The Morgan fingerprint density at radius 2 is 0.630 bits per heavy atom. The lowest BCUT2D eigenvalue weighted by Crippen LogP contribution is -2.13. The lowest BCUT2D eigenvalue weighted by molar-refractivity contribution is 0.0390. The van der Waals surface area contributed by atoms with Crippen LogP contribution in [0.5, 0.6) is 28.7 Å². The van der Waals surface area contributed by atoms with Crippen molar-refractivity contribution in [3.05, 3.63) is 152 Å². The van der Waals surface area contributed by atoms with Crippen LogP contribution < -0.4 is 43.7 Å². The van der Waals surface area contributed by atoms with Gasteiger partial charge in [0.25, 0.3) is 0 Å². The zero-order valence-corrected chi connectivity index (χ0v) is 66.3. The number of benzene rings is 5. The van der Waals surface area contributed by atoms with Crippen LogP contribution in [0.15, 0.2) is 152 Å². The Hall–Kier alpha value is -3.95. The molecule has 578 valence electrons. The molecule has 0 aliphatic rings. The topological polar surface area (TPSA) is 318 Å². The van der Waals surface area contributed by atoms with E-state index in [0.717, 1.165) is 51.2 Å². The quantitative estimate of drug-likeness (QED) is 0.0438. The number of rotatable bonds is 11. The summed E-state index contributed by atoms with van der Waals surface area (Å²) in [7, 11) is 27.2. The highest BCUT2D eigenvalue weighted by Gasteiger charge is 2.00. The van der Waals surface area contributed by atoms with Crippen molar-refractivity contribution in [2.75, 3.05) is 34.0 Å². The third-order valence-corrected chi connectivity index (χ3v) is 7.43. The maximum Gasteiger partial charge on any atom is 0.200 e. The van der Waals surface area contributed by atoms with E-state index in [1.54, 1.807) is 69.3 Å². The second-order valence-corrected chi connectivity index (χ2v) is 14.1. The molecule has 5 aromatic rings. The molecular formula is C68H170F2N5O12P5. The van der Waals surface area contributed by atoms with Crippen molar-refractivity contribution in [3.8, 4) is 28.7 Å². The third kappa shape index (κ3) is 198. The lowest BCUT2D eigenvalue weighted by Gasteiger charge is -2.11. The van der Waals surface area contributed by atoms with Gasteiger partial charge in [-0.25, -0.2) is 0 Å². The minimum atomic E-state index is -0.266.